The number of thioether (sulfide) groups is 2. The summed E-state index contributed by atoms with van der Waals surface area (Å²) in [7, 11) is 0. The van der Waals surface area contributed by atoms with Crippen LogP contribution in [0.3, 0.4) is 0 Å². The molecule has 0 spiro atoms. The normalized spacial score (nSPS) is 25.0. The summed E-state index contributed by atoms with van der Waals surface area (Å²) < 4.78 is 0.0417. The fourth-order valence-corrected chi connectivity index (χ4v) is 3.99. The number of carbonyl (C=O) groups excluding carboxylic acids is 1. The van der Waals surface area contributed by atoms with Gasteiger partial charge in [-0.15, -0.1) is 23.5 Å². The molecule has 0 aromatic rings. The Morgan fingerprint density at radius 3 is 2.36 bits per heavy atom. The predicted octanol–water partition coefficient (Wildman–Crippen LogP) is 1.13. The summed E-state index contributed by atoms with van der Waals surface area (Å²) in [5, 5.41) is 9.70. The number of rotatable bonds is 2. The fourth-order valence-electron chi connectivity index (χ4n) is 0.849. The zero-order valence-corrected chi connectivity index (χ0v) is 8.30. The summed E-state index contributed by atoms with van der Waals surface area (Å²) in [4.78, 5) is 11.0. The maximum Gasteiger partial charge on any atom is 0.163 e. The fraction of sp³-hybridized carbons (Fsp3) is 0.857. The van der Waals surface area contributed by atoms with Crippen molar-refractivity contribution in [1.29, 1.82) is 0 Å². The Morgan fingerprint density at radius 1 is 1.55 bits per heavy atom. The van der Waals surface area contributed by atoms with Gasteiger partial charge in [0.15, 0.2) is 5.78 Å². The highest BCUT2D eigenvalue weighted by Crippen LogP contribution is 2.39. The summed E-state index contributed by atoms with van der Waals surface area (Å²) in [6.45, 7) is 3.05. The van der Waals surface area contributed by atoms with Gasteiger partial charge >= 0.3 is 0 Å². The highest BCUT2D eigenvalue weighted by Gasteiger charge is 2.39. The molecule has 0 bridgehead atoms. The molecule has 11 heavy (non-hydrogen) atoms. The molecule has 1 saturated heterocycles. The van der Waals surface area contributed by atoms with Crippen LogP contribution in [0.1, 0.15) is 13.8 Å². The topological polar surface area (TPSA) is 37.3 Å². The SMILES string of the molecule is CC(=O)[C@](C)(O)C1SCCS1. The maximum absolute atomic E-state index is 11.0. The lowest BCUT2D eigenvalue weighted by molar-refractivity contribution is -0.131. The summed E-state index contributed by atoms with van der Waals surface area (Å²) in [5.74, 6) is 1.95. The van der Waals surface area contributed by atoms with Crippen molar-refractivity contribution in [2.45, 2.75) is 24.0 Å². The van der Waals surface area contributed by atoms with E-state index in [0.717, 1.165) is 11.5 Å². The Hall–Kier alpha value is 0.330. The molecule has 1 aliphatic rings. The Kier molecular flexibility index (Phi) is 2.89. The van der Waals surface area contributed by atoms with Gasteiger partial charge in [0, 0.05) is 11.5 Å². The number of aliphatic hydroxyl groups is 1. The number of carbonyl (C=O) groups is 1. The molecule has 4 heteroatoms. The van der Waals surface area contributed by atoms with Crippen molar-refractivity contribution < 1.29 is 9.90 Å². The van der Waals surface area contributed by atoms with Crippen LogP contribution in [0.2, 0.25) is 0 Å². The molecule has 1 fully saturated rings. The first-order chi connectivity index (χ1) is 5.05. The van der Waals surface area contributed by atoms with Gasteiger partial charge in [-0.1, -0.05) is 0 Å². The predicted molar refractivity (Wildman–Crippen MR) is 50.0 cm³/mol. The van der Waals surface area contributed by atoms with Gasteiger partial charge in [-0.25, -0.2) is 0 Å². The molecule has 0 saturated carbocycles. The van der Waals surface area contributed by atoms with Crippen LogP contribution in [0.4, 0.5) is 0 Å². The standard InChI is InChI=1S/C7H12O2S2/c1-5(8)7(2,9)6-10-3-4-11-6/h6,9H,3-4H2,1-2H3/t7-/m0/s1. The largest absolute Gasteiger partial charge is 0.380 e. The number of hydrogen-bond donors (Lipinski definition) is 1. The van der Waals surface area contributed by atoms with E-state index in [2.05, 4.69) is 0 Å². The first-order valence-electron chi connectivity index (χ1n) is 3.52. The van der Waals surface area contributed by atoms with E-state index in [1.165, 1.54) is 6.92 Å². The Morgan fingerprint density at radius 2 is 2.00 bits per heavy atom. The van der Waals surface area contributed by atoms with Gasteiger partial charge in [0.05, 0.1) is 4.58 Å². The van der Waals surface area contributed by atoms with Gasteiger partial charge in [0.25, 0.3) is 0 Å². The second-order valence-corrected chi connectivity index (χ2v) is 5.50. The number of ketones is 1. The molecular formula is C7H12O2S2. The van der Waals surface area contributed by atoms with Crippen LogP contribution in [0, 0.1) is 0 Å². The van der Waals surface area contributed by atoms with Crippen molar-refractivity contribution in [2.75, 3.05) is 11.5 Å². The molecule has 1 atom stereocenters. The van der Waals surface area contributed by atoms with E-state index >= 15 is 0 Å². The van der Waals surface area contributed by atoms with Crippen LogP contribution in [-0.2, 0) is 4.79 Å². The van der Waals surface area contributed by atoms with Crippen LogP contribution >= 0.6 is 23.5 Å². The maximum atomic E-state index is 11.0. The van der Waals surface area contributed by atoms with Crippen LogP contribution in [-0.4, -0.2) is 32.6 Å². The van der Waals surface area contributed by atoms with E-state index in [-0.39, 0.29) is 10.4 Å². The summed E-state index contributed by atoms with van der Waals surface area (Å²) in [6, 6.07) is 0. The quantitative estimate of drug-likeness (QED) is 0.712. The van der Waals surface area contributed by atoms with E-state index in [9.17, 15) is 9.90 Å². The monoisotopic (exact) mass is 192 g/mol. The minimum Gasteiger partial charge on any atom is -0.380 e. The molecule has 0 amide bonds. The van der Waals surface area contributed by atoms with Crippen LogP contribution in [0.15, 0.2) is 0 Å². The van der Waals surface area contributed by atoms with Gasteiger partial charge in [-0.2, -0.15) is 0 Å². The van der Waals surface area contributed by atoms with Gasteiger partial charge in [-0.05, 0) is 13.8 Å². The highest BCUT2D eigenvalue weighted by atomic mass is 32.2. The van der Waals surface area contributed by atoms with E-state index < -0.39 is 5.60 Å². The van der Waals surface area contributed by atoms with Gasteiger partial charge < -0.3 is 5.11 Å². The van der Waals surface area contributed by atoms with Crippen molar-refractivity contribution in [3.63, 3.8) is 0 Å². The lowest BCUT2D eigenvalue weighted by Crippen LogP contribution is -2.41. The Balaban J connectivity index is 2.62. The zero-order chi connectivity index (χ0) is 8.48. The minimum absolute atomic E-state index is 0.0417. The summed E-state index contributed by atoms with van der Waals surface area (Å²) in [5.41, 5.74) is -1.13. The highest BCUT2D eigenvalue weighted by molar-refractivity contribution is 8.20. The third-order valence-corrected chi connectivity index (χ3v) is 5.27. The molecule has 1 rings (SSSR count). The molecule has 1 heterocycles. The minimum atomic E-state index is -1.13. The molecule has 0 radical (unpaired) electrons. The van der Waals surface area contributed by atoms with Crippen LogP contribution in [0.25, 0.3) is 0 Å². The van der Waals surface area contributed by atoms with Crippen molar-refractivity contribution in [1.82, 2.24) is 0 Å². The van der Waals surface area contributed by atoms with E-state index in [1.54, 1.807) is 30.4 Å². The molecule has 0 aliphatic carbocycles. The number of hydrogen-bond acceptors (Lipinski definition) is 4. The molecule has 64 valence electrons. The number of Topliss-reactive ketones (excluding diaryl/α,β-unsaturated/α-hetero) is 1. The summed E-state index contributed by atoms with van der Waals surface area (Å²) >= 11 is 3.34. The second kappa shape index (κ2) is 3.37. The second-order valence-electron chi connectivity index (χ2n) is 2.78. The van der Waals surface area contributed by atoms with E-state index in [0.29, 0.717) is 0 Å². The Labute approximate surface area is 75.1 Å². The van der Waals surface area contributed by atoms with Gasteiger partial charge in [0.1, 0.15) is 5.60 Å². The average molecular weight is 192 g/mol. The Bertz CT molecular complexity index is 162. The lowest BCUT2D eigenvalue weighted by atomic mass is 10.1. The third kappa shape index (κ3) is 1.92. The average Bonchev–Trinajstić information content (AvgIpc) is 2.37. The van der Waals surface area contributed by atoms with Crippen molar-refractivity contribution in [3.05, 3.63) is 0 Å². The molecular weight excluding hydrogens is 180 g/mol. The molecule has 0 unspecified atom stereocenters. The van der Waals surface area contributed by atoms with Crippen molar-refractivity contribution >= 4 is 29.3 Å². The zero-order valence-electron chi connectivity index (χ0n) is 6.66. The molecule has 1 N–H and O–H groups in total. The van der Waals surface area contributed by atoms with E-state index in [4.69, 9.17) is 0 Å². The molecule has 0 aromatic heterocycles. The molecule has 1 aliphatic heterocycles. The van der Waals surface area contributed by atoms with Crippen LogP contribution in [0.5, 0.6) is 0 Å². The summed E-state index contributed by atoms with van der Waals surface area (Å²) in [6.07, 6.45) is 0. The first-order valence-corrected chi connectivity index (χ1v) is 5.61. The first kappa shape index (κ1) is 9.42. The molecule has 2 nitrogen and oxygen atoms in total. The van der Waals surface area contributed by atoms with Crippen LogP contribution < -0.4 is 0 Å². The van der Waals surface area contributed by atoms with Gasteiger partial charge in [-0.3, -0.25) is 4.79 Å². The van der Waals surface area contributed by atoms with Crippen molar-refractivity contribution in [3.8, 4) is 0 Å². The van der Waals surface area contributed by atoms with Gasteiger partial charge in [0.2, 0.25) is 0 Å². The smallest absolute Gasteiger partial charge is 0.163 e. The van der Waals surface area contributed by atoms with Crippen molar-refractivity contribution in [2.24, 2.45) is 0 Å². The lowest BCUT2D eigenvalue weighted by Gasteiger charge is -2.25. The molecule has 0 aromatic carbocycles. The van der Waals surface area contributed by atoms with E-state index in [1.807, 2.05) is 0 Å². The third-order valence-electron chi connectivity index (χ3n) is 1.79.